The largest absolute Gasteiger partial charge is 0.443 e. The number of hydrogen-bond acceptors (Lipinski definition) is 6. The van der Waals surface area contributed by atoms with Gasteiger partial charge in [-0.3, -0.25) is 4.90 Å². The van der Waals surface area contributed by atoms with Gasteiger partial charge >= 0.3 is 6.09 Å². The Morgan fingerprint density at radius 2 is 1.79 bits per heavy atom. The molecule has 0 aromatic carbocycles. The minimum absolute atomic E-state index is 0.0243. The van der Waals surface area contributed by atoms with Crippen LogP contribution in [-0.4, -0.2) is 97.8 Å². The lowest BCUT2D eigenvalue weighted by molar-refractivity contribution is -0.124. The summed E-state index contributed by atoms with van der Waals surface area (Å²) < 4.78 is 50.9. The second kappa shape index (κ2) is 11.2. The number of carbonyl (C=O) groups is 1. The summed E-state index contributed by atoms with van der Waals surface area (Å²) >= 11 is 0. The van der Waals surface area contributed by atoms with E-state index in [9.17, 15) is 13.6 Å². The lowest BCUT2D eigenvalue weighted by atomic mass is 9.68. The normalized spacial score (nSPS) is 37.5. The first-order chi connectivity index (χ1) is 18.4. The molecule has 0 aromatic rings. The van der Waals surface area contributed by atoms with Gasteiger partial charge in [0.05, 0.1) is 25.2 Å². The number of halogens is 2. The molecule has 0 aromatic heterocycles. The number of rotatable bonds is 10. The summed E-state index contributed by atoms with van der Waals surface area (Å²) in [6.45, 7) is 10.9. The van der Waals surface area contributed by atoms with Gasteiger partial charge in [0.2, 0.25) is 0 Å². The van der Waals surface area contributed by atoms with Crippen LogP contribution >= 0.6 is 0 Å². The summed E-state index contributed by atoms with van der Waals surface area (Å²) in [6.07, 6.45) is 8.12. The fourth-order valence-corrected chi connectivity index (χ4v) is 7.47. The topological polar surface area (TPSA) is 67.1 Å². The van der Waals surface area contributed by atoms with E-state index >= 15 is 0 Å². The number of alkyl halides is 2. The molecule has 5 rings (SSSR count). The van der Waals surface area contributed by atoms with Crippen LogP contribution in [0.15, 0.2) is 11.6 Å². The molecule has 4 saturated heterocycles. The van der Waals surface area contributed by atoms with Gasteiger partial charge in [-0.1, -0.05) is 11.6 Å². The number of epoxide rings is 2. The molecule has 0 bridgehead atoms. The molecule has 1 unspecified atom stereocenters. The van der Waals surface area contributed by atoms with Crippen LogP contribution in [0.3, 0.4) is 0 Å². The molecule has 5 fully saturated rings. The molecule has 1 spiro atoms. The van der Waals surface area contributed by atoms with Gasteiger partial charge in [0, 0.05) is 27.1 Å². The third-order valence-electron chi connectivity index (χ3n) is 9.90. The number of allylic oxidation sites excluding steroid dienone is 1. The molecule has 222 valence electrons. The van der Waals surface area contributed by atoms with Crippen LogP contribution in [0.25, 0.3) is 0 Å². The number of amides is 1. The van der Waals surface area contributed by atoms with Crippen molar-refractivity contribution in [2.75, 3.05) is 46.4 Å². The molecule has 4 aliphatic heterocycles. The molecule has 4 heterocycles. The highest BCUT2D eigenvalue weighted by Gasteiger charge is 2.72. The third-order valence-corrected chi connectivity index (χ3v) is 9.90. The Bertz CT molecular complexity index is 904. The van der Waals surface area contributed by atoms with Crippen LogP contribution in [0, 0.1) is 17.8 Å². The molecule has 0 radical (unpaired) electrons. The predicted octanol–water partition coefficient (Wildman–Crippen LogP) is 5.28. The average molecular weight is 555 g/mol. The van der Waals surface area contributed by atoms with Crippen molar-refractivity contribution in [2.45, 2.75) is 108 Å². The fourth-order valence-electron chi connectivity index (χ4n) is 7.47. The number of ether oxygens (including phenoxy) is 4. The SMILES string of the molecule is CO[C@H]1C([C@@]2(C)O[C@@H]2CC=C(C)C)[C@]2(CC[C@H]1OC(=O)N1CC(CCC3CCN(CC(C)(F)F)CC3)C1)CO2. The Labute approximate surface area is 232 Å². The Morgan fingerprint density at radius 3 is 2.38 bits per heavy atom. The minimum Gasteiger partial charge on any atom is -0.443 e. The average Bonchev–Trinajstić information content (AvgIpc) is 3.75. The fraction of sp³-hybridized carbons (Fsp3) is 0.900. The van der Waals surface area contributed by atoms with Crippen LogP contribution in [0.2, 0.25) is 0 Å². The molecule has 39 heavy (non-hydrogen) atoms. The summed E-state index contributed by atoms with van der Waals surface area (Å²) in [4.78, 5) is 16.8. The second-order valence-electron chi connectivity index (χ2n) is 13.4. The van der Waals surface area contributed by atoms with Gasteiger partial charge in [-0.15, -0.1) is 0 Å². The van der Waals surface area contributed by atoms with Crippen LogP contribution in [0.1, 0.15) is 72.6 Å². The van der Waals surface area contributed by atoms with Crippen LogP contribution in [0.4, 0.5) is 13.6 Å². The number of nitrogens with zero attached hydrogens (tertiary/aromatic N) is 2. The van der Waals surface area contributed by atoms with E-state index in [1.807, 2.05) is 9.80 Å². The maximum absolute atomic E-state index is 13.3. The maximum Gasteiger partial charge on any atom is 0.410 e. The molecule has 6 atom stereocenters. The van der Waals surface area contributed by atoms with E-state index in [2.05, 4.69) is 26.8 Å². The van der Waals surface area contributed by atoms with Crippen molar-refractivity contribution in [1.29, 1.82) is 0 Å². The van der Waals surface area contributed by atoms with Gasteiger partial charge < -0.3 is 23.8 Å². The van der Waals surface area contributed by atoms with Crippen LogP contribution in [0.5, 0.6) is 0 Å². The lowest BCUT2D eigenvalue weighted by Crippen LogP contribution is -2.57. The van der Waals surface area contributed by atoms with Gasteiger partial charge in [-0.05, 0) is 90.6 Å². The highest BCUT2D eigenvalue weighted by molar-refractivity contribution is 5.69. The highest BCUT2D eigenvalue weighted by Crippen LogP contribution is 2.59. The van der Waals surface area contributed by atoms with E-state index in [1.54, 1.807) is 7.11 Å². The van der Waals surface area contributed by atoms with E-state index in [-0.39, 0.29) is 48.1 Å². The first-order valence-corrected chi connectivity index (χ1v) is 15.0. The zero-order valence-electron chi connectivity index (χ0n) is 24.4. The van der Waals surface area contributed by atoms with Crippen molar-refractivity contribution in [1.82, 2.24) is 9.80 Å². The van der Waals surface area contributed by atoms with Gasteiger partial charge in [0.25, 0.3) is 5.92 Å². The van der Waals surface area contributed by atoms with Gasteiger partial charge in [0.1, 0.15) is 23.4 Å². The van der Waals surface area contributed by atoms with Gasteiger partial charge in [0.15, 0.2) is 0 Å². The Balaban J connectivity index is 1.06. The van der Waals surface area contributed by atoms with E-state index in [4.69, 9.17) is 18.9 Å². The molecule has 1 aliphatic carbocycles. The lowest BCUT2D eigenvalue weighted by Gasteiger charge is -2.44. The van der Waals surface area contributed by atoms with E-state index < -0.39 is 5.92 Å². The standard InChI is InChI=1S/C30H48F2N2O5/c1-20(2)6-9-24-29(4,39-24)26-25(36-5)23(10-13-30(26)19-37-30)38-27(35)34-16-22(17-34)8-7-21-11-14-33(15-12-21)18-28(3,31)32/h6,21-26H,7-19H2,1-5H3/t23-,24-,25-,26?,29+,30+/m1/s1. The first-order valence-electron chi connectivity index (χ1n) is 15.0. The van der Waals surface area contributed by atoms with Crippen molar-refractivity contribution in [3.63, 3.8) is 0 Å². The van der Waals surface area contributed by atoms with Gasteiger partial charge in [-0.25, -0.2) is 13.6 Å². The quantitative estimate of drug-likeness (QED) is 0.271. The van der Waals surface area contributed by atoms with Crippen molar-refractivity contribution in [3.8, 4) is 0 Å². The minimum atomic E-state index is -2.62. The molecular weight excluding hydrogens is 506 g/mol. The Morgan fingerprint density at radius 1 is 1.13 bits per heavy atom. The van der Waals surface area contributed by atoms with Crippen molar-refractivity contribution in [3.05, 3.63) is 11.6 Å². The molecule has 1 saturated carbocycles. The number of likely N-dealkylation sites (tertiary alicyclic amines) is 2. The molecule has 1 amide bonds. The van der Waals surface area contributed by atoms with E-state index in [0.717, 1.165) is 78.0 Å². The summed E-state index contributed by atoms with van der Waals surface area (Å²) in [7, 11) is 1.70. The first kappa shape index (κ1) is 29.2. The summed E-state index contributed by atoms with van der Waals surface area (Å²) in [5.74, 6) is -1.51. The van der Waals surface area contributed by atoms with Crippen LogP contribution < -0.4 is 0 Å². The van der Waals surface area contributed by atoms with Gasteiger partial charge in [-0.2, -0.15) is 0 Å². The van der Waals surface area contributed by atoms with Crippen molar-refractivity contribution >= 4 is 6.09 Å². The molecule has 5 aliphatic rings. The second-order valence-corrected chi connectivity index (χ2v) is 13.4. The number of methoxy groups -OCH3 is 1. The zero-order valence-corrected chi connectivity index (χ0v) is 24.4. The number of hydrogen-bond donors (Lipinski definition) is 0. The smallest absolute Gasteiger partial charge is 0.410 e. The number of piperidine rings is 1. The number of carbonyl (C=O) groups excluding carboxylic acids is 1. The summed E-state index contributed by atoms with van der Waals surface area (Å²) in [6, 6.07) is 0. The van der Waals surface area contributed by atoms with Crippen LogP contribution in [-0.2, 0) is 18.9 Å². The summed E-state index contributed by atoms with van der Waals surface area (Å²) in [5, 5.41) is 0. The Hall–Kier alpha value is -1.29. The van der Waals surface area contributed by atoms with E-state index in [1.165, 1.54) is 5.57 Å². The molecule has 0 N–H and O–H groups in total. The molecule has 9 heteroatoms. The summed E-state index contributed by atoms with van der Waals surface area (Å²) in [5.41, 5.74) is 0.707. The zero-order chi connectivity index (χ0) is 28.0. The highest BCUT2D eigenvalue weighted by atomic mass is 19.3. The molecular formula is C30H48F2N2O5. The Kier molecular flexibility index (Phi) is 8.37. The van der Waals surface area contributed by atoms with E-state index in [0.29, 0.717) is 18.4 Å². The monoisotopic (exact) mass is 554 g/mol. The molecule has 7 nitrogen and oxygen atoms in total. The van der Waals surface area contributed by atoms with Crippen molar-refractivity contribution in [2.24, 2.45) is 17.8 Å². The maximum atomic E-state index is 13.3. The predicted molar refractivity (Wildman–Crippen MR) is 144 cm³/mol. The van der Waals surface area contributed by atoms with Crippen molar-refractivity contribution < 1.29 is 32.5 Å². The third kappa shape index (κ3) is 6.62.